The Morgan fingerprint density at radius 3 is 2.26 bits per heavy atom. The normalized spacial score (nSPS) is 14.7. The Morgan fingerprint density at radius 1 is 0.960 bits per heavy atom. The predicted octanol–water partition coefficient (Wildman–Crippen LogP) is -3.59. The van der Waals surface area contributed by atoms with E-state index in [9.17, 15) is 49.2 Å². The van der Waals surface area contributed by atoms with Crippen molar-refractivity contribution >= 4 is 52.5 Å². The highest BCUT2D eigenvalue weighted by Crippen LogP contribution is 2.13. The Bertz CT molecular complexity index is 1750. The Balaban J connectivity index is 1.60. The first-order valence-electron chi connectivity index (χ1n) is 14.9. The molecule has 3 amide bonds. The molecule has 0 aliphatic heterocycles. The number of anilines is 2. The van der Waals surface area contributed by atoms with Crippen molar-refractivity contribution in [1.82, 2.24) is 35.9 Å². The number of rotatable bonds is 18. The molecule has 2 heterocycles. The molecule has 0 spiro atoms. The number of carbonyl (C=O) groups is 5. The van der Waals surface area contributed by atoms with Crippen LogP contribution in [0.15, 0.2) is 35.3 Å². The summed E-state index contributed by atoms with van der Waals surface area (Å²) in [6.45, 7) is 0.457. The van der Waals surface area contributed by atoms with E-state index >= 15 is 0 Å². The summed E-state index contributed by atoms with van der Waals surface area (Å²) in [6, 6.07) is 1.33. The van der Waals surface area contributed by atoms with Crippen molar-refractivity contribution in [2.75, 3.05) is 17.7 Å². The lowest BCUT2D eigenvalue weighted by atomic mass is 9.99. The molecule has 0 aliphatic carbocycles. The molecule has 6 atom stereocenters. The van der Waals surface area contributed by atoms with Crippen LogP contribution in [-0.4, -0.2) is 123 Å². The van der Waals surface area contributed by atoms with Gasteiger partial charge in [0, 0.05) is 23.7 Å². The summed E-state index contributed by atoms with van der Waals surface area (Å²) in [5.41, 5.74) is 6.03. The molecular formula is C29H37N9O12. The van der Waals surface area contributed by atoms with Gasteiger partial charge in [-0.15, -0.1) is 0 Å². The molecule has 13 N–H and O–H groups in total. The van der Waals surface area contributed by atoms with E-state index in [1.807, 2.05) is 0 Å². The van der Waals surface area contributed by atoms with Crippen LogP contribution in [-0.2, 0) is 25.7 Å². The van der Waals surface area contributed by atoms with Crippen molar-refractivity contribution in [1.29, 1.82) is 0 Å². The quantitative estimate of drug-likeness (QED) is 0.0609. The number of H-pyrrole nitrogens is 1. The molecule has 0 fully saturated rings. The average molecular weight is 704 g/mol. The number of nitrogens with zero attached hydrogens (tertiary/aromatic N) is 3. The standard InChI is InChI=1S/C29H37N9O12/c1-12(8-19(42)43)33-26(47)20(23(45)22(44)17(40)11-39)36-18(41)7-6-16(28(49)50)35-25(46)13-2-4-14(5-3-13)31-9-15-10-32-24-21(34-15)27(48)38-29(30)37-24/h2-5,10,12,16-17,20,22-23,31,39-40,44-45H,6-9,11H2,1H3,(H,33,47)(H,35,46)(H,36,41)(H,42,43)(H,49,50)(H3,30,32,37,38,48)/t12-,16+,17-,20+,22-,23-/m1/s1. The van der Waals surface area contributed by atoms with E-state index in [-0.39, 0.29) is 29.2 Å². The van der Waals surface area contributed by atoms with Crippen molar-refractivity contribution in [3.8, 4) is 0 Å². The van der Waals surface area contributed by atoms with Crippen LogP contribution in [0.4, 0.5) is 11.6 Å². The monoisotopic (exact) mass is 703 g/mol. The molecule has 21 heteroatoms. The number of nitrogens with two attached hydrogens (primary N) is 1. The van der Waals surface area contributed by atoms with E-state index in [1.165, 1.54) is 37.4 Å². The van der Waals surface area contributed by atoms with Crippen molar-refractivity contribution in [2.45, 2.75) is 69.2 Å². The van der Waals surface area contributed by atoms with Crippen LogP contribution in [0.2, 0.25) is 0 Å². The molecule has 270 valence electrons. The van der Waals surface area contributed by atoms with Crippen molar-refractivity contribution < 1.29 is 54.6 Å². The van der Waals surface area contributed by atoms with Gasteiger partial charge in [-0.25, -0.2) is 14.8 Å². The SMILES string of the molecule is C[C@H](CC(=O)O)NC(=O)[C@@H](NC(=O)CC[C@H](NC(=O)c1ccc(NCc2cnc3nc(N)[nH]c(=O)c3n2)cc1)C(=O)O)[C@@H](O)[C@H](O)[C@H](O)CO. The highest BCUT2D eigenvalue weighted by molar-refractivity contribution is 5.97. The molecule has 1 aromatic carbocycles. The molecule has 0 bridgehead atoms. The number of nitrogen functional groups attached to an aromatic ring is 1. The molecule has 0 saturated heterocycles. The van der Waals surface area contributed by atoms with Crippen LogP contribution in [0.1, 0.15) is 42.2 Å². The maximum atomic E-state index is 12.8. The molecule has 0 saturated carbocycles. The summed E-state index contributed by atoms with van der Waals surface area (Å²) in [6.07, 6.45) is -6.40. The second-order valence-electron chi connectivity index (χ2n) is 11.1. The lowest BCUT2D eigenvalue weighted by molar-refractivity contribution is -0.142. The predicted molar refractivity (Wildman–Crippen MR) is 171 cm³/mol. The summed E-state index contributed by atoms with van der Waals surface area (Å²) in [5, 5.41) is 67.6. The zero-order chi connectivity index (χ0) is 37.1. The average Bonchev–Trinajstić information content (AvgIpc) is 3.06. The summed E-state index contributed by atoms with van der Waals surface area (Å²) in [4.78, 5) is 87.7. The number of benzene rings is 1. The minimum Gasteiger partial charge on any atom is -0.481 e. The fraction of sp³-hybridized carbons (Fsp3) is 0.414. The van der Waals surface area contributed by atoms with Crippen LogP contribution in [0.25, 0.3) is 11.2 Å². The summed E-state index contributed by atoms with van der Waals surface area (Å²) < 4.78 is 0. The molecule has 2 aromatic heterocycles. The topological polar surface area (TPSA) is 352 Å². The summed E-state index contributed by atoms with van der Waals surface area (Å²) >= 11 is 0. The van der Waals surface area contributed by atoms with Gasteiger partial charge in [-0.1, -0.05) is 0 Å². The lowest BCUT2D eigenvalue weighted by Crippen LogP contribution is -2.60. The molecule has 0 unspecified atom stereocenters. The molecule has 3 aromatic rings. The van der Waals surface area contributed by atoms with Crippen LogP contribution in [0, 0.1) is 0 Å². The van der Waals surface area contributed by atoms with Gasteiger partial charge in [0.05, 0.1) is 31.5 Å². The number of nitrogens with one attached hydrogen (secondary N) is 5. The van der Waals surface area contributed by atoms with Crippen LogP contribution in [0.5, 0.6) is 0 Å². The molecule has 3 rings (SSSR count). The second-order valence-corrected chi connectivity index (χ2v) is 11.1. The highest BCUT2D eigenvalue weighted by atomic mass is 16.4. The van der Waals surface area contributed by atoms with Crippen LogP contribution >= 0.6 is 0 Å². The Hall–Kier alpha value is -5.77. The third-order valence-corrected chi connectivity index (χ3v) is 7.11. The molecule has 21 nitrogen and oxygen atoms in total. The fourth-order valence-electron chi connectivity index (χ4n) is 4.49. The molecule has 0 radical (unpaired) electrons. The second kappa shape index (κ2) is 17.6. The van der Waals surface area contributed by atoms with Gasteiger partial charge in [-0.2, -0.15) is 4.98 Å². The lowest BCUT2D eigenvalue weighted by Gasteiger charge is -2.29. The van der Waals surface area contributed by atoms with Crippen molar-refractivity contribution in [3.05, 3.63) is 52.1 Å². The van der Waals surface area contributed by atoms with Gasteiger partial charge in [-0.05, 0) is 37.6 Å². The van der Waals surface area contributed by atoms with Gasteiger partial charge in [-0.3, -0.25) is 29.0 Å². The van der Waals surface area contributed by atoms with Crippen LogP contribution < -0.4 is 32.6 Å². The zero-order valence-corrected chi connectivity index (χ0v) is 26.4. The van der Waals surface area contributed by atoms with Gasteiger partial charge >= 0.3 is 11.9 Å². The number of amides is 3. The number of carboxylic acid groups (broad SMARTS) is 2. The molecule has 50 heavy (non-hydrogen) atoms. The minimum atomic E-state index is -2.17. The number of fused-ring (bicyclic) bond motifs is 1. The maximum absolute atomic E-state index is 12.8. The number of carboxylic acids is 2. The Morgan fingerprint density at radius 2 is 1.64 bits per heavy atom. The Labute approximate surface area is 282 Å². The third kappa shape index (κ3) is 10.9. The fourth-order valence-corrected chi connectivity index (χ4v) is 4.49. The van der Waals surface area contributed by atoms with E-state index < -0.39 is 97.5 Å². The van der Waals surface area contributed by atoms with E-state index in [0.717, 1.165) is 0 Å². The van der Waals surface area contributed by atoms with E-state index in [2.05, 4.69) is 41.2 Å². The van der Waals surface area contributed by atoms with Crippen LogP contribution in [0.3, 0.4) is 0 Å². The number of aliphatic carboxylic acids is 2. The number of aromatic nitrogens is 4. The summed E-state index contributed by atoms with van der Waals surface area (Å²) in [7, 11) is 0. The zero-order valence-electron chi connectivity index (χ0n) is 26.4. The van der Waals surface area contributed by atoms with Gasteiger partial charge in [0.1, 0.15) is 30.4 Å². The maximum Gasteiger partial charge on any atom is 0.326 e. The van der Waals surface area contributed by atoms with Gasteiger partial charge < -0.3 is 57.6 Å². The number of carbonyl (C=O) groups excluding carboxylic acids is 3. The number of aliphatic hydroxyl groups is 4. The third-order valence-electron chi connectivity index (χ3n) is 7.11. The minimum absolute atomic E-state index is 0.00167. The van der Waals surface area contributed by atoms with E-state index in [4.69, 9.17) is 15.9 Å². The number of aliphatic hydroxyl groups excluding tert-OH is 4. The van der Waals surface area contributed by atoms with Gasteiger partial charge in [0.15, 0.2) is 11.2 Å². The smallest absolute Gasteiger partial charge is 0.326 e. The molecular weight excluding hydrogens is 666 g/mol. The number of aromatic amines is 1. The van der Waals surface area contributed by atoms with E-state index in [1.54, 1.807) is 0 Å². The van der Waals surface area contributed by atoms with Gasteiger partial charge in [0.2, 0.25) is 17.8 Å². The first-order valence-corrected chi connectivity index (χ1v) is 14.9. The first-order chi connectivity index (χ1) is 23.6. The number of hydrogen-bond acceptors (Lipinski definition) is 15. The largest absolute Gasteiger partial charge is 0.481 e. The van der Waals surface area contributed by atoms with Gasteiger partial charge in [0.25, 0.3) is 11.5 Å². The van der Waals surface area contributed by atoms with Crippen molar-refractivity contribution in [3.63, 3.8) is 0 Å². The van der Waals surface area contributed by atoms with Crippen molar-refractivity contribution in [2.24, 2.45) is 0 Å². The summed E-state index contributed by atoms with van der Waals surface area (Å²) in [5.74, 6) is -5.78. The Kier molecular flexibility index (Phi) is 13.6. The number of hydrogen-bond donors (Lipinski definition) is 12. The van der Waals surface area contributed by atoms with E-state index in [0.29, 0.717) is 11.4 Å². The first kappa shape index (κ1) is 38.7. The highest BCUT2D eigenvalue weighted by Gasteiger charge is 2.37. The molecule has 0 aliphatic rings.